The molecule has 2 aliphatic heterocycles. The van der Waals surface area contributed by atoms with Crippen LogP contribution in [-0.2, 0) is 26.7 Å². The summed E-state index contributed by atoms with van der Waals surface area (Å²) in [4.78, 5) is 0. The lowest BCUT2D eigenvalue weighted by Crippen LogP contribution is -2.43. The van der Waals surface area contributed by atoms with Gasteiger partial charge >= 0.3 is 6.18 Å². The highest BCUT2D eigenvalue weighted by atomic mass is 32.2. The van der Waals surface area contributed by atoms with E-state index in [2.05, 4.69) is 10.0 Å². The smallest absolute Gasteiger partial charge is 0.378 e. The topological polar surface area (TPSA) is 67.4 Å². The molecule has 2 N–H and O–H groups in total. The molecule has 0 spiro atoms. The normalized spacial score (nSPS) is 23.9. The number of benzene rings is 3. The van der Waals surface area contributed by atoms with Crippen LogP contribution < -0.4 is 10.0 Å². The van der Waals surface area contributed by atoms with E-state index in [0.717, 1.165) is 17.7 Å². The van der Waals surface area contributed by atoms with Crippen LogP contribution in [0.3, 0.4) is 0 Å². The molecular weight excluding hydrogens is 489 g/mol. The summed E-state index contributed by atoms with van der Waals surface area (Å²) in [5.74, 6) is -0.245. The van der Waals surface area contributed by atoms with Gasteiger partial charge in [-0.15, -0.1) is 0 Å². The van der Waals surface area contributed by atoms with Crippen LogP contribution >= 0.6 is 0 Å². The van der Waals surface area contributed by atoms with Gasteiger partial charge in [0.05, 0.1) is 29.6 Å². The molecule has 0 radical (unpaired) electrons. The molecule has 3 aromatic carbocycles. The maximum Gasteiger partial charge on any atom is 0.416 e. The minimum atomic E-state index is -4.47. The molecule has 1 saturated heterocycles. The Morgan fingerprint density at radius 1 is 0.944 bits per heavy atom. The summed E-state index contributed by atoms with van der Waals surface area (Å²) in [6.45, 7) is 0.0656. The maximum absolute atomic E-state index is 13.5. The van der Waals surface area contributed by atoms with Crippen molar-refractivity contribution >= 4 is 15.7 Å². The van der Waals surface area contributed by atoms with Crippen molar-refractivity contribution in [2.45, 2.75) is 43.0 Å². The molecule has 0 saturated carbocycles. The lowest BCUT2D eigenvalue weighted by atomic mass is 9.76. The summed E-state index contributed by atoms with van der Waals surface area (Å²) in [6, 6.07) is 22.2. The molecule has 3 aromatic rings. The summed E-state index contributed by atoms with van der Waals surface area (Å²) in [7, 11) is -3.59. The molecule has 0 bridgehead atoms. The second-order valence-corrected chi connectivity index (χ2v) is 11.2. The number of hydrogen-bond donors (Lipinski definition) is 2. The van der Waals surface area contributed by atoms with Gasteiger partial charge in [0.2, 0.25) is 10.0 Å². The predicted molar refractivity (Wildman–Crippen MR) is 132 cm³/mol. The van der Waals surface area contributed by atoms with Gasteiger partial charge in [0.1, 0.15) is 0 Å². The fraction of sp³-hybridized carbons (Fsp3) is 0.333. The Hall–Kier alpha value is -2.88. The fourth-order valence-corrected chi connectivity index (χ4v) is 6.31. The van der Waals surface area contributed by atoms with Crippen molar-refractivity contribution in [3.8, 4) is 0 Å². The average Bonchev–Trinajstić information content (AvgIpc) is 2.87. The molecule has 36 heavy (non-hydrogen) atoms. The van der Waals surface area contributed by atoms with Gasteiger partial charge in [-0.05, 0) is 42.2 Å². The van der Waals surface area contributed by atoms with E-state index in [4.69, 9.17) is 4.74 Å². The molecule has 1 fully saturated rings. The van der Waals surface area contributed by atoms with Crippen LogP contribution in [0.4, 0.5) is 18.9 Å². The van der Waals surface area contributed by atoms with Crippen molar-refractivity contribution in [1.29, 1.82) is 0 Å². The molecule has 2 aliphatic rings. The number of anilines is 1. The minimum Gasteiger partial charge on any atom is -0.378 e. The van der Waals surface area contributed by atoms with Gasteiger partial charge in [0.25, 0.3) is 0 Å². The van der Waals surface area contributed by atoms with Gasteiger partial charge in [-0.25, -0.2) is 13.1 Å². The van der Waals surface area contributed by atoms with Crippen LogP contribution in [0.25, 0.3) is 0 Å². The number of fused-ring (bicyclic) bond motifs is 3. The van der Waals surface area contributed by atoms with E-state index in [-0.39, 0.29) is 24.3 Å². The zero-order valence-corrected chi connectivity index (χ0v) is 20.2. The largest absolute Gasteiger partial charge is 0.416 e. The van der Waals surface area contributed by atoms with Gasteiger partial charge in [-0.3, -0.25) is 0 Å². The number of alkyl halides is 3. The van der Waals surface area contributed by atoms with E-state index in [0.29, 0.717) is 29.7 Å². The summed E-state index contributed by atoms with van der Waals surface area (Å²) in [6.07, 6.45) is -4.24. The predicted octanol–water partition coefficient (Wildman–Crippen LogP) is 5.83. The number of sulfonamides is 1. The number of hydrogen-bond acceptors (Lipinski definition) is 4. The number of nitrogens with one attached hydrogen (secondary N) is 2. The molecule has 0 aromatic heterocycles. The third-order valence-electron chi connectivity index (χ3n) is 6.86. The average molecular weight is 517 g/mol. The van der Waals surface area contributed by atoms with Crippen molar-refractivity contribution in [3.63, 3.8) is 0 Å². The molecule has 190 valence electrons. The van der Waals surface area contributed by atoms with Crippen LogP contribution in [0.5, 0.6) is 0 Å². The van der Waals surface area contributed by atoms with E-state index in [1.54, 1.807) is 24.3 Å². The van der Waals surface area contributed by atoms with Crippen molar-refractivity contribution in [1.82, 2.24) is 4.72 Å². The van der Waals surface area contributed by atoms with E-state index < -0.39 is 34.0 Å². The van der Waals surface area contributed by atoms with E-state index >= 15 is 0 Å². The molecule has 5 rings (SSSR count). The zero-order valence-electron chi connectivity index (χ0n) is 19.4. The maximum atomic E-state index is 13.5. The van der Waals surface area contributed by atoms with E-state index in [9.17, 15) is 21.6 Å². The first kappa shape index (κ1) is 24.8. The molecular formula is C27H27F3N2O3S. The Morgan fingerprint density at radius 3 is 2.33 bits per heavy atom. The van der Waals surface area contributed by atoms with Gasteiger partial charge in [-0.2, -0.15) is 13.2 Å². The first-order valence-electron chi connectivity index (χ1n) is 11.9. The van der Waals surface area contributed by atoms with Crippen LogP contribution in [0.1, 0.15) is 47.2 Å². The first-order chi connectivity index (χ1) is 17.2. The quantitative estimate of drug-likeness (QED) is 0.433. The molecule has 5 nitrogen and oxygen atoms in total. The Balaban J connectivity index is 1.38. The highest BCUT2D eigenvalue weighted by molar-refractivity contribution is 7.88. The SMILES string of the molecule is O=S(=O)(Cc1ccccc1)NC[C@H]1CC[C@@H]2[C@H](O1)c1cc(C(F)(F)F)ccc1N[C@H]2c1ccccc1. The third kappa shape index (κ3) is 5.43. The zero-order chi connectivity index (χ0) is 25.3. The molecule has 0 aliphatic carbocycles. The monoisotopic (exact) mass is 516 g/mol. The highest BCUT2D eigenvalue weighted by Gasteiger charge is 2.43. The molecule has 9 heteroatoms. The Bertz CT molecular complexity index is 1300. The third-order valence-corrected chi connectivity index (χ3v) is 8.18. The van der Waals surface area contributed by atoms with Crippen LogP contribution in [0.15, 0.2) is 78.9 Å². The molecule has 0 unspecified atom stereocenters. The van der Waals surface area contributed by atoms with Crippen molar-refractivity contribution in [2.75, 3.05) is 11.9 Å². The summed E-state index contributed by atoms with van der Waals surface area (Å²) in [5, 5.41) is 3.43. The van der Waals surface area contributed by atoms with Gasteiger partial charge in [0, 0.05) is 23.7 Å². The second-order valence-electron chi connectivity index (χ2n) is 9.35. The number of ether oxygens (including phenoxy) is 1. The standard InChI is InChI=1S/C27H27F3N2O3S/c28-27(29,30)20-11-14-24-23(15-20)26-22(25(32-24)19-9-5-2-6-10-19)13-12-21(35-26)16-31-36(33,34)17-18-7-3-1-4-8-18/h1-11,14-15,21-22,25-26,31-32H,12-13,16-17H2/t21-,22+,25+,26+/m1/s1. The molecule has 0 amide bonds. The van der Waals surface area contributed by atoms with Crippen LogP contribution in [0, 0.1) is 5.92 Å². The highest BCUT2D eigenvalue weighted by Crippen LogP contribution is 2.51. The van der Waals surface area contributed by atoms with Crippen LogP contribution in [0.2, 0.25) is 0 Å². The van der Waals surface area contributed by atoms with Gasteiger partial charge in [-0.1, -0.05) is 60.7 Å². The summed E-state index contributed by atoms with van der Waals surface area (Å²) < 4.78 is 74.7. The summed E-state index contributed by atoms with van der Waals surface area (Å²) >= 11 is 0. The first-order valence-corrected chi connectivity index (χ1v) is 13.5. The van der Waals surface area contributed by atoms with Crippen LogP contribution in [-0.4, -0.2) is 21.1 Å². The Kier molecular flexibility index (Phi) is 6.80. The van der Waals surface area contributed by atoms with Crippen molar-refractivity contribution < 1.29 is 26.3 Å². The minimum absolute atomic E-state index is 0.0656. The lowest BCUT2D eigenvalue weighted by Gasteiger charge is -2.46. The molecule has 2 heterocycles. The Morgan fingerprint density at radius 2 is 1.64 bits per heavy atom. The van der Waals surface area contributed by atoms with E-state index in [1.165, 1.54) is 6.07 Å². The second kappa shape index (κ2) is 9.88. The Labute approximate surface area is 208 Å². The number of rotatable bonds is 6. The fourth-order valence-electron chi connectivity index (χ4n) is 5.14. The lowest BCUT2D eigenvalue weighted by molar-refractivity contribution is -0.138. The number of halogens is 3. The van der Waals surface area contributed by atoms with Gasteiger partial charge in [0.15, 0.2) is 0 Å². The summed E-state index contributed by atoms with van der Waals surface area (Å²) in [5.41, 5.74) is 2.03. The van der Waals surface area contributed by atoms with Crippen molar-refractivity contribution in [3.05, 3.63) is 101 Å². The molecule has 4 atom stereocenters. The van der Waals surface area contributed by atoms with Crippen molar-refractivity contribution in [2.24, 2.45) is 5.92 Å². The van der Waals surface area contributed by atoms with E-state index in [1.807, 2.05) is 36.4 Å². The van der Waals surface area contributed by atoms with Gasteiger partial charge < -0.3 is 10.1 Å².